The van der Waals surface area contributed by atoms with E-state index in [0.717, 1.165) is 12.0 Å². The second-order valence-corrected chi connectivity index (χ2v) is 3.44. The van der Waals surface area contributed by atoms with Crippen molar-refractivity contribution in [1.29, 1.82) is 0 Å². The number of amides is 1. The Labute approximate surface area is 90.2 Å². The monoisotopic (exact) mass is 204 g/mol. The van der Waals surface area contributed by atoms with Crippen LogP contribution in [0.4, 0.5) is 0 Å². The zero-order valence-electron chi connectivity index (χ0n) is 9.10. The van der Waals surface area contributed by atoms with Gasteiger partial charge in [-0.15, -0.1) is 0 Å². The van der Waals surface area contributed by atoms with Crippen LogP contribution in [0.25, 0.3) is 6.08 Å². The highest BCUT2D eigenvalue weighted by molar-refractivity contribution is 5.91. The van der Waals surface area contributed by atoms with Crippen molar-refractivity contribution in [3.63, 3.8) is 0 Å². The number of rotatable bonds is 4. The van der Waals surface area contributed by atoms with Gasteiger partial charge in [0.15, 0.2) is 0 Å². The highest BCUT2D eigenvalue weighted by Crippen LogP contribution is 1.98. The first-order chi connectivity index (χ1) is 7.22. The van der Waals surface area contributed by atoms with Crippen LogP contribution in [-0.4, -0.2) is 16.9 Å². The Morgan fingerprint density at radius 1 is 1.67 bits per heavy atom. The lowest BCUT2D eigenvalue weighted by Gasteiger charge is -2.08. The number of hydrogen-bond acceptors (Lipinski definition) is 2. The average Bonchev–Trinajstić information content (AvgIpc) is 2.27. The van der Waals surface area contributed by atoms with Gasteiger partial charge in [0.25, 0.3) is 0 Å². The summed E-state index contributed by atoms with van der Waals surface area (Å²) in [6, 6.07) is 3.96. The Kier molecular flexibility index (Phi) is 4.54. The van der Waals surface area contributed by atoms with Gasteiger partial charge < -0.3 is 5.32 Å². The van der Waals surface area contributed by atoms with Gasteiger partial charge in [0, 0.05) is 24.5 Å². The van der Waals surface area contributed by atoms with E-state index in [1.54, 1.807) is 18.5 Å². The van der Waals surface area contributed by atoms with Gasteiger partial charge in [-0.1, -0.05) is 13.0 Å². The molecule has 15 heavy (non-hydrogen) atoms. The van der Waals surface area contributed by atoms with Gasteiger partial charge in [-0.25, -0.2) is 0 Å². The minimum Gasteiger partial charge on any atom is -0.350 e. The summed E-state index contributed by atoms with van der Waals surface area (Å²) in [6.45, 7) is 4.02. The van der Waals surface area contributed by atoms with Gasteiger partial charge in [0.05, 0.1) is 0 Å². The topological polar surface area (TPSA) is 42.0 Å². The molecule has 1 rings (SSSR count). The fourth-order valence-corrected chi connectivity index (χ4v) is 1.04. The largest absolute Gasteiger partial charge is 0.350 e. The molecule has 1 aromatic rings. The minimum absolute atomic E-state index is 0.0618. The number of pyridine rings is 1. The SMILES string of the molecule is CCC(C)NC(=O)/C=C/c1cccnc1. The molecule has 1 heterocycles. The van der Waals surface area contributed by atoms with E-state index < -0.39 is 0 Å². The molecule has 1 amide bonds. The van der Waals surface area contributed by atoms with Crippen LogP contribution in [-0.2, 0) is 4.79 Å². The Hall–Kier alpha value is -1.64. The van der Waals surface area contributed by atoms with Gasteiger partial charge in [-0.05, 0) is 31.1 Å². The maximum atomic E-state index is 11.4. The van der Waals surface area contributed by atoms with Gasteiger partial charge in [0.2, 0.25) is 5.91 Å². The van der Waals surface area contributed by atoms with Crippen LogP contribution < -0.4 is 5.32 Å². The van der Waals surface area contributed by atoms with E-state index in [-0.39, 0.29) is 11.9 Å². The first-order valence-corrected chi connectivity index (χ1v) is 5.11. The summed E-state index contributed by atoms with van der Waals surface area (Å²) in [5.41, 5.74) is 0.928. The fraction of sp³-hybridized carbons (Fsp3) is 0.333. The molecule has 0 radical (unpaired) electrons. The molecule has 1 unspecified atom stereocenters. The van der Waals surface area contributed by atoms with E-state index in [2.05, 4.69) is 10.3 Å². The molecule has 80 valence electrons. The summed E-state index contributed by atoms with van der Waals surface area (Å²) >= 11 is 0. The van der Waals surface area contributed by atoms with Crippen LogP contribution in [0.1, 0.15) is 25.8 Å². The quantitative estimate of drug-likeness (QED) is 0.762. The van der Waals surface area contributed by atoms with Crippen molar-refractivity contribution in [2.75, 3.05) is 0 Å². The van der Waals surface area contributed by atoms with Crippen LogP contribution in [0.15, 0.2) is 30.6 Å². The molecule has 0 aliphatic carbocycles. The zero-order chi connectivity index (χ0) is 11.1. The maximum Gasteiger partial charge on any atom is 0.244 e. The molecule has 3 nitrogen and oxygen atoms in total. The van der Waals surface area contributed by atoms with Crippen molar-refractivity contribution < 1.29 is 4.79 Å². The summed E-state index contributed by atoms with van der Waals surface area (Å²) in [5, 5.41) is 2.85. The molecule has 0 saturated heterocycles. The normalized spacial score (nSPS) is 12.7. The van der Waals surface area contributed by atoms with Crippen LogP contribution in [0, 0.1) is 0 Å². The summed E-state index contributed by atoms with van der Waals surface area (Å²) in [7, 11) is 0. The summed E-state index contributed by atoms with van der Waals surface area (Å²) in [5.74, 6) is -0.0618. The second kappa shape index (κ2) is 5.96. The van der Waals surface area contributed by atoms with Crippen LogP contribution in [0.5, 0.6) is 0 Å². The van der Waals surface area contributed by atoms with Crippen molar-refractivity contribution in [2.45, 2.75) is 26.3 Å². The number of carbonyl (C=O) groups excluding carboxylic acids is 1. The molecule has 3 heteroatoms. The van der Waals surface area contributed by atoms with Crippen molar-refractivity contribution in [3.05, 3.63) is 36.2 Å². The predicted molar refractivity (Wildman–Crippen MR) is 61.2 cm³/mol. The van der Waals surface area contributed by atoms with Gasteiger partial charge in [0.1, 0.15) is 0 Å². The smallest absolute Gasteiger partial charge is 0.244 e. The minimum atomic E-state index is -0.0618. The Balaban J connectivity index is 2.48. The van der Waals surface area contributed by atoms with Gasteiger partial charge in [-0.2, -0.15) is 0 Å². The summed E-state index contributed by atoms with van der Waals surface area (Å²) < 4.78 is 0. The molecule has 0 aliphatic heterocycles. The molecule has 0 fully saturated rings. The lowest BCUT2D eigenvalue weighted by molar-refractivity contribution is -0.117. The molecule has 0 bridgehead atoms. The van der Waals surface area contributed by atoms with Crippen LogP contribution in [0.2, 0.25) is 0 Å². The molecular weight excluding hydrogens is 188 g/mol. The Morgan fingerprint density at radius 3 is 3.07 bits per heavy atom. The number of hydrogen-bond donors (Lipinski definition) is 1. The number of carbonyl (C=O) groups is 1. The molecular formula is C12H16N2O. The third-order valence-electron chi connectivity index (χ3n) is 2.11. The molecule has 1 atom stereocenters. The van der Waals surface area contributed by atoms with Crippen molar-refractivity contribution >= 4 is 12.0 Å². The van der Waals surface area contributed by atoms with E-state index in [9.17, 15) is 4.79 Å². The average molecular weight is 204 g/mol. The lowest BCUT2D eigenvalue weighted by atomic mass is 10.2. The van der Waals surface area contributed by atoms with Gasteiger partial charge >= 0.3 is 0 Å². The van der Waals surface area contributed by atoms with Crippen molar-refractivity contribution in [3.8, 4) is 0 Å². The predicted octanol–water partition coefficient (Wildman–Crippen LogP) is 2.01. The lowest BCUT2D eigenvalue weighted by Crippen LogP contribution is -2.30. The standard InChI is InChI=1S/C12H16N2O/c1-3-10(2)14-12(15)7-6-11-5-4-8-13-9-11/h4-10H,3H2,1-2H3,(H,14,15)/b7-6+. The van der Waals surface area contributed by atoms with E-state index in [1.807, 2.05) is 26.0 Å². The molecule has 0 saturated carbocycles. The highest BCUT2D eigenvalue weighted by Gasteiger charge is 2.00. The Morgan fingerprint density at radius 2 is 2.47 bits per heavy atom. The number of nitrogens with zero attached hydrogens (tertiary/aromatic N) is 1. The van der Waals surface area contributed by atoms with E-state index in [1.165, 1.54) is 6.08 Å². The fourth-order valence-electron chi connectivity index (χ4n) is 1.04. The van der Waals surface area contributed by atoms with Crippen molar-refractivity contribution in [1.82, 2.24) is 10.3 Å². The number of nitrogens with one attached hydrogen (secondary N) is 1. The first kappa shape index (κ1) is 11.4. The molecule has 1 N–H and O–H groups in total. The second-order valence-electron chi connectivity index (χ2n) is 3.44. The summed E-state index contributed by atoms with van der Waals surface area (Å²) in [4.78, 5) is 15.3. The van der Waals surface area contributed by atoms with E-state index >= 15 is 0 Å². The molecule has 1 aromatic heterocycles. The zero-order valence-corrected chi connectivity index (χ0v) is 9.10. The Bertz CT molecular complexity index is 333. The summed E-state index contributed by atoms with van der Waals surface area (Å²) in [6.07, 6.45) is 7.64. The van der Waals surface area contributed by atoms with E-state index in [0.29, 0.717) is 0 Å². The molecule has 0 aliphatic rings. The van der Waals surface area contributed by atoms with Crippen molar-refractivity contribution in [2.24, 2.45) is 0 Å². The van der Waals surface area contributed by atoms with Gasteiger partial charge in [-0.3, -0.25) is 9.78 Å². The maximum absolute atomic E-state index is 11.4. The molecule has 0 spiro atoms. The van der Waals surface area contributed by atoms with Crippen LogP contribution >= 0.6 is 0 Å². The van der Waals surface area contributed by atoms with Crippen LogP contribution in [0.3, 0.4) is 0 Å². The number of aromatic nitrogens is 1. The third kappa shape index (κ3) is 4.40. The molecule has 0 aromatic carbocycles. The third-order valence-corrected chi connectivity index (χ3v) is 2.11. The highest BCUT2D eigenvalue weighted by atomic mass is 16.1. The first-order valence-electron chi connectivity index (χ1n) is 5.11. The van der Waals surface area contributed by atoms with E-state index in [4.69, 9.17) is 0 Å².